The van der Waals surface area contributed by atoms with Crippen LogP contribution in [-0.2, 0) is 11.3 Å². The van der Waals surface area contributed by atoms with Gasteiger partial charge in [-0.15, -0.1) is 0 Å². The summed E-state index contributed by atoms with van der Waals surface area (Å²) in [5.41, 5.74) is 0. The number of hydrogen-bond acceptors (Lipinski definition) is 6. The van der Waals surface area contributed by atoms with Gasteiger partial charge < -0.3 is 23.9 Å². The highest BCUT2D eigenvalue weighted by molar-refractivity contribution is 5.75. The summed E-state index contributed by atoms with van der Waals surface area (Å²) in [5.74, 6) is 2.55. The zero-order valence-corrected chi connectivity index (χ0v) is 14.8. The fourth-order valence-corrected chi connectivity index (χ4v) is 3.14. The molecule has 25 heavy (non-hydrogen) atoms. The van der Waals surface area contributed by atoms with Crippen molar-refractivity contribution in [3.8, 4) is 0 Å². The summed E-state index contributed by atoms with van der Waals surface area (Å²) in [7, 11) is 1.63. The second-order valence-corrected chi connectivity index (χ2v) is 6.17. The Morgan fingerprint density at radius 1 is 1.52 bits per heavy atom. The molecule has 0 aromatic carbocycles. The van der Waals surface area contributed by atoms with E-state index in [2.05, 4.69) is 15.5 Å². The quantitative estimate of drug-likeness (QED) is 0.862. The average Bonchev–Trinajstić information content (AvgIpc) is 3.32. The van der Waals surface area contributed by atoms with Crippen molar-refractivity contribution in [2.45, 2.75) is 51.8 Å². The molecule has 0 aliphatic carbocycles. The number of amides is 2. The third-order valence-electron chi connectivity index (χ3n) is 4.37. The van der Waals surface area contributed by atoms with Crippen LogP contribution >= 0.6 is 0 Å². The van der Waals surface area contributed by atoms with E-state index in [9.17, 15) is 4.79 Å². The van der Waals surface area contributed by atoms with Crippen LogP contribution in [0.2, 0.25) is 0 Å². The minimum atomic E-state index is -0.271. The highest BCUT2D eigenvalue weighted by Gasteiger charge is 2.33. The maximum absolute atomic E-state index is 12.8. The predicted molar refractivity (Wildman–Crippen MR) is 88.7 cm³/mol. The van der Waals surface area contributed by atoms with Crippen molar-refractivity contribution in [3.05, 3.63) is 35.4 Å². The lowest BCUT2D eigenvalue weighted by molar-refractivity contribution is 0.155. The molecule has 0 saturated carbocycles. The largest absolute Gasteiger partial charge is 0.461 e. The summed E-state index contributed by atoms with van der Waals surface area (Å²) < 4.78 is 15.9. The van der Waals surface area contributed by atoms with E-state index in [1.54, 1.807) is 14.0 Å². The summed E-state index contributed by atoms with van der Waals surface area (Å²) in [6.07, 6.45) is 2.50. The highest BCUT2D eigenvalue weighted by atomic mass is 16.5. The molecule has 1 N–H and O–H groups in total. The molecule has 1 aliphatic heterocycles. The van der Waals surface area contributed by atoms with E-state index >= 15 is 0 Å². The Labute approximate surface area is 146 Å². The summed E-state index contributed by atoms with van der Waals surface area (Å²) in [6.45, 7) is 4.82. The Hall–Kier alpha value is -2.35. The van der Waals surface area contributed by atoms with Gasteiger partial charge in [0.1, 0.15) is 18.1 Å². The summed E-state index contributed by atoms with van der Waals surface area (Å²) in [6, 6.07) is 3.35. The maximum Gasteiger partial charge on any atom is 0.318 e. The molecular weight excluding hydrogens is 324 g/mol. The number of furan rings is 1. The molecule has 0 radical (unpaired) electrons. The highest BCUT2D eigenvalue weighted by Crippen LogP contribution is 2.33. The van der Waals surface area contributed by atoms with Gasteiger partial charge in [0.2, 0.25) is 5.89 Å². The van der Waals surface area contributed by atoms with Crippen LogP contribution in [0.4, 0.5) is 4.79 Å². The lowest BCUT2D eigenvalue weighted by atomic mass is 10.1. The number of nitrogens with zero attached hydrogens (tertiary/aromatic N) is 3. The molecule has 3 rings (SSSR count). The molecule has 3 heterocycles. The molecule has 8 heteroatoms. The lowest BCUT2D eigenvalue weighted by Crippen LogP contribution is -2.41. The average molecular weight is 348 g/mol. The first-order chi connectivity index (χ1) is 12.1. The number of aromatic nitrogens is 2. The van der Waals surface area contributed by atoms with Crippen molar-refractivity contribution in [1.29, 1.82) is 0 Å². The predicted octanol–water partition coefficient (Wildman–Crippen LogP) is 3.12. The Balaban J connectivity index is 1.69. The number of rotatable bonds is 6. The summed E-state index contributed by atoms with van der Waals surface area (Å²) in [4.78, 5) is 18.8. The van der Waals surface area contributed by atoms with Gasteiger partial charge in [-0.3, -0.25) is 0 Å². The Morgan fingerprint density at radius 2 is 2.36 bits per heavy atom. The SMILES string of the molecule is CC[C@@H](NC(=O)N1CCC[C@@H]1c1ccc(COC)o1)c1noc(C)n1. The number of methoxy groups -OCH3 is 1. The van der Waals surface area contributed by atoms with Gasteiger partial charge in [-0.1, -0.05) is 12.1 Å². The number of ether oxygens (including phenoxy) is 1. The van der Waals surface area contributed by atoms with Crippen LogP contribution in [-0.4, -0.2) is 34.7 Å². The van der Waals surface area contributed by atoms with Gasteiger partial charge in [-0.05, 0) is 31.4 Å². The minimum Gasteiger partial charge on any atom is -0.461 e. The number of likely N-dealkylation sites (tertiary alicyclic amines) is 1. The topological polar surface area (TPSA) is 93.6 Å². The van der Waals surface area contributed by atoms with Crippen molar-refractivity contribution in [1.82, 2.24) is 20.4 Å². The Bertz CT molecular complexity index is 711. The molecular formula is C17H24N4O4. The van der Waals surface area contributed by atoms with Gasteiger partial charge in [0, 0.05) is 20.6 Å². The van der Waals surface area contributed by atoms with Crippen LogP contribution in [0.15, 0.2) is 21.1 Å². The molecule has 2 aromatic heterocycles. The number of carbonyl (C=O) groups is 1. The Kier molecular flexibility index (Phi) is 5.37. The monoisotopic (exact) mass is 348 g/mol. The second kappa shape index (κ2) is 7.69. The molecule has 1 fully saturated rings. The van der Waals surface area contributed by atoms with E-state index in [0.29, 0.717) is 31.3 Å². The summed E-state index contributed by atoms with van der Waals surface area (Å²) >= 11 is 0. The van der Waals surface area contributed by atoms with E-state index in [4.69, 9.17) is 13.7 Å². The first-order valence-corrected chi connectivity index (χ1v) is 8.57. The third-order valence-corrected chi connectivity index (χ3v) is 4.37. The van der Waals surface area contributed by atoms with Crippen LogP contribution in [0, 0.1) is 6.92 Å². The molecule has 2 aromatic rings. The van der Waals surface area contributed by atoms with Crippen LogP contribution < -0.4 is 5.32 Å². The zero-order valence-electron chi connectivity index (χ0n) is 14.8. The molecule has 0 bridgehead atoms. The van der Waals surface area contributed by atoms with Gasteiger partial charge in [-0.2, -0.15) is 4.98 Å². The fourth-order valence-electron chi connectivity index (χ4n) is 3.14. The third kappa shape index (κ3) is 3.84. The van der Waals surface area contributed by atoms with Crippen molar-refractivity contribution in [2.24, 2.45) is 0 Å². The van der Waals surface area contributed by atoms with Crippen LogP contribution in [0.25, 0.3) is 0 Å². The molecule has 0 spiro atoms. The van der Waals surface area contributed by atoms with E-state index in [1.807, 2.05) is 24.0 Å². The molecule has 136 valence electrons. The van der Waals surface area contributed by atoms with Gasteiger partial charge in [0.25, 0.3) is 0 Å². The number of nitrogens with one attached hydrogen (secondary N) is 1. The molecule has 2 amide bonds. The number of aryl methyl sites for hydroxylation is 1. The second-order valence-electron chi connectivity index (χ2n) is 6.17. The standard InChI is InChI=1S/C17H24N4O4/c1-4-13(16-18-11(2)25-20-16)19-17(22)21-9-5-6-14(21)15-8-7-12(24-15)10-23-3/h7-8,13-14H,4-6,9-10H2,1-3H3,(H,19,22)/t13-,14-/m1/s1. The maximum atomic E-state index is 12.8. The van der Waals surface area contributed by atoms with Crippen LogP contribution in [0.3, 0.4) is 0 Å². The van der Waals surface area contributed by atoms with Gasteiger partial charge >= 0.3 is 6.03 Å². The van der Waals surface area contributed by atoms with Crippen molar-refractivity contribution in [2.75, 3.05) is 13.7 Å². The number of carbonyl (C=O) groups excluding carboxylic acids is 1. The van der Waals surface area contributed by atoms with Gasteiger partial charge in [-0.25, -0.2) is 4.79 Å². The molecule has 8 nitrogen and oxygen atoms in total. The van der Waals surface area contributed by atoms with E-state index < -0.39 is 0 Å². The van der Waals surface area contributed by atoms with E-state index in [1.165, 1.54) is 0 Å². The van der Waals surface area contributed by atoms with Gasteiger partial charge in [0.15, 0.2) is 5.82 Å². The molecule has 1 saturated heterocycles. The Morgan fingerprint density at radius 3 is 3.04 bits per heavy atom. The molecule has 2 atom stereocenters. The van der Waals surface area contributed by atoms with Crippen LogP contribution in [0.1, 0.15) is 61.5 Å². The van der Waals surface area contributed by atoms with Crippen molar-refractivity contribution < 1.29 is 18.5 Å². The van der Waals surface area contributed by atoms with Crippen molar-refractivity contribution >= 4 is 6.03 Å². The van der Waals surface area contributed by atoms with E-state index in [-0.39, 0.29) is 18.1 Å². The zero-order chi connectivity index (χ0) is 17.8. The van der Waals surface area contributed by atoms with Gasteiger partial charge in [0.05, 0.1) is 12.1 Å². The molecule has 0 unspecified atom stereocenters. The summed E-state index contributed by atoms with van der Waals surface area (Å²) in [5, 5.41) is 6.92. The van der Waals surface area contributed by atoms with Crippen LogP contribution in [0.5, 0.6) is 0 Å². The normalized spacial score (nSPS) is 18.5. The molecule has 1 aliphatic rings. The fraction of sp³-hybridized carbons (Fsp3) is 0.588. The van der Waals surface area contributed by atoms with E-state index in [0.717, 1.165) is 24.4 Å². The smallest absolute Gasteiger partial charge is 0.318 e. The number of urea groups is 1. The number of hydrogen-bond donors (Lipinski definition) is 1. The minimum absolute atomic E-state index is 0.0601. The van der Waals surface area contributed by atoms with Crippen molar-refractivity contribution in [3.63, 3.8) is 0 Å². The lowest BCUT2D eigenvalue weighted by Gasteiger charge is -2.25. The first-order valence-electron chi connectivity index (χ1n) is 8.57. The first kappa shape index (κ1) is 17.5.